The molecule has 0 amide bonds. The Labute approximate surface area is 116 Å². The van der Waals surface area contributed by atoms with Crippen LogP contribution < -0.4 is 0 Å². The molecule has 0 aliphatic rings. The molecule has 6 heteroatoms. The molecule has 1 aromatic carbocycles. The van der Waals surface area contributed by atoms with Crippen LogP contribution >= 0.6 is 0 Å². The Bertz CT molecular complexity index is 665. The quantitative estimate of drug-likeness (QED) is 0.915. The Morgan fingerprint density at radius 1 is 1.40 bits per heavy atom. The number of aliphatic carboxylic acids is 1. The number of aromatic nitrogens is 3. The number of rotatable bonds is 4. The maximum atomic E-state index is 10.6. The van der Waals surface area contributed by atoms with Gasteiger partial charge in [-0.15, -0.1) is 5.10 Å². The summed E-state index contributed by atoms with van der Waals surface area (Å²) in [6, 6.07) is 9.06. The first-order valence-corrected chi connectivity index (χ1v) is 6.19. The summed E-state index contributed by atoms with van der Waals surface area (Å²) >= 11 is 0. The maximum Gasteiger partial charge on any atom is 0.307 e. The van der Waals surface area contributed by atoms with Crippen molar-refractivity contribution in [1.29, 1.82) is 5.26 Å². The molecule has 0 aliphatic carbocycles. The van der Waals surface area contributed by atoms with E-state index in [-0.39, 0.29) is 12.3 Å². The molecule has 2 rings (SSSR count). The maximum absolute atomic E-state index is 10.6. The number of benzene rings is 1. The number of hydrogen-bond acceptors (Lipinski definition) is 4. The zero-order valence-corrected chi connectivity index (χ0v) is 11.2. The van der Waals surface area contributed by atoms with E-state index in [1.807, 2.05) is 19.9 Å². The van der Waals surface area contributed by atoms with Gasteiger partial charge in [0.25, 0.3) is 0 Å². The van der Waals surface area contributed by atoms with E-state index < -0.39 is 5.97 Å². The van der Waals surface area contributed by atoms with Crippen LogP contribution in [0.4, 0.5) is 0 Å². The van der Waals surface area contributed by atoms with Crippen molar-refractivity contribution in [3.05, 3.63) is 41.2 Å². The summed E-state index contributed by atoms with van der Waals surface area (Å²) in [5.41, 5.74) is 2.54. The van der Waals surface area contributed by atoms with Gasteiger partial charge in [0.15, 0.2) is 5.69 Å². The van der Waals surface area contributed by atoms with Crippen LogP contribution in [0.1, 0.15) is 36.7 Å². The number of nitrogens with zero attached hydrogens (tertiary/aromatic N) is 4. The van der Waals surface area contributed by atoms with Crippen molar-refractivity contribution in [2.24, 2.45) is 0 Å². The first-order valence-electron chi connectivity index (χ1n) is 6.19. The van der Waals surface area contributed by atoms with Gasteiger partial charge in [0.05, 0.1) is 17.8 Å². The molecule has 0 saturated heterocycles. The van der Waals surface area contributed by atoms with Gasteiger partial charge >= 0.3 is 5.97 Å². The Morgan fingerprint density at radius 3 is 2.55 bits per heavy atom. The number of hydrogen-bond donors (Lipinski definition) is 1. The van der Waals surface area contributed by atoms with Crippen LogP contribution in [0, 0.1) is 11.3 Å². The zero-order valence-electron chi connectivity index (χ0n) is 11.2. The minimum atomic E-state index is -0.867. The molecule has 2 aromatic rings. The number of carboxylic acid groups (broad SMARTS) is 1. The number of carboxylic acids is 1. The standard InChI is InChI=1S/C14H14N4O2/c1-9(2)14-12(8-15)16-17-18(14)11-5-3-10(4-6-11)7-13(19)20/h3-6,9H,7H2,1-2H3,(H,19,20). The second-order valence-electron chi connectivity index (χ2n) is 4.74. The molecular formula is C14H14N4O2. The molecule has 1 heterocycles. The monoisotopic (exact) mass is 270 g/mol. The Balaban J connectivity index is 2.40. The van der Waals surface area contributed by atoms with Crippen LogP contribution in [0.3, 0.4) is 0 Å². The lowest BCUT2D eigenvalue weighted by atomic mass is 10.1. The minimum absolute atomic E-state index is 0.0158. The molecule has 0 atom stereocenters. The molecule has 102 valence electrons. The largest absolute Gasteiger partial charge is 0.481 e. The molecule has 0 saturated carbocycles. The summed E-state index contributed by atoms with van der Waals surface area (Å²) in [6.07, 6.45) is -0.0158. The third-order valence-corrected chi connectivity index (χ3v) is 2.89. The number of carbonyl (C=O) groups is 1. The van der Waals surface area contributed by atoms with Crippen molar-refractivity contribution in [3.8, 4) is 11.8 Å². The van der Waals surface area contributed by atoms with E-state index in [0.29, 0.717) is 11.3 Å². The number of nitriles is 1. The van der Waals surface area contributed by atoms with E-state index in [0.717, 1.165) is 11.4 Å². The molecule has 0 fully saturated rings. The highest BCUT2D eigenvalue weighted by atomic mass is 16.4. The second-order valence-corrected chi connectivity index (χ2v) is 4.74. The first kappa shape index (κ1) is 13.7. The molecule has 20 heavy (non-hydrogen) atoms. The molecule has 6 nitrogen and oxygen atoms in total. The van der Waals surface area contributed by atoms with Gasteiger partial charge in [0, 0.05) is 0 Å². The highest BCUT2D eigenvalue weighted by Crippen LogP contribution is 2.21. The topological polar surface area (TPSA) is 91.8 Å². The Kier molecular flexibility index (Phi) is 3.80. The van der Waals surface area contributed by atoms with Crippen molar-refractivity contribution in [2.45, 2.75) is 26.2 Å². The molecule has 0 bridgehead atoms. The highest BCUT2D eigenvalue weighted by molar-refractivity contribution is 5.70. The van der Waals surface area contributed by atoms with E-state index in [9.17, 15) is 4.79 Å². The Morgan fingerprint density at radius 2 is 2.05 bits per heavy atom. The third kappa shape index (κ3) is 2.67. The normalized spacial score (nSPS) is 10.5. The first-order chi connectivity index (χ1) is 9.52. The van der Waals surface area contributed by atoms with Crippen LogP contribution in [0.25, 0.3) is 5.69 Å². The van der Waals surface area contributed by atoms with Crippen molar-refractivity contribution in [3.63, 3.8) is 0 Å². The van der Waals surface area contributed by atoms with E-state index >= 15 is 0 Å². The summed E-state index contributed by atoms with van der Waals surface area (Å²) < 4.78 is 1.62. The van der Waals surface area contributed by atoms with Crippen LogP contribution in [-0.4, -0.2) is 26.1 Å². The summed E-state index contributed by atoms with van der Waals surface area (Å²) in [5, 5.41) is 25.6. The molecular weight excluding hydrogens is 256 g/mol. The SMILES string of the molecule is CC(C)c1c(C#N)nnn1-c1ccc(CC(=O)O)cc1. The average Bonchev–Trinajstić information content (AvgIpc) is 2.82. The van der Waals surface area contributed by atoms with Gasteiger partial charge in [-0.1, -0.05) is 31.2 Å². The van der Waals surface area contributed by atoms with Crippen molar-refractivity contribution < 1.29 is 9.90 Å². The lowest BCUT2D eigenvalue weighted by Gasteiger charge is -2.09. The fourth-order valence-corrected chi connectivity index (χ4v) is 2.01. The third-order valence-electron chi connectivity index (χ3n) is 2.89. The summed E-state index contributed by atoms with van der Waals surface area (Å²) in [5.74, 6) is -0.758. The fraction of sp³-hybridized carbons (Fsp3) is 0.286. The molecule has 0 radical (unpaired) electrons. The van der Waals surface area contributed by atoms with Gasteiger partial charge in [-0.25, -0.2) is 4.68 Å². The van der Waals surface area contributed by atoms with Crippen LogP contribution in [0.15, 0.2) is 24.3 Å². The summed E-state index contributed by atoms with van der Waals surface area (Å²) in [6.45, 7) is 3.93. The van der Waals surface area contributed by atoms with Gasteiger partial charge in [-0.2, -0.15) is 5.26 Å². The Hall–Kier alpha value is -2.68. The lowest BCUT2D eigenvalue weighted by Crippen LogP contribution is -2.05. The lowest BCUT2D eigenvalue weighted by molar-refractivity contribution is -0.136. The molecule has 0 aliphatic heterocycles. The van der Waals surface area contributed by atoms with Crippen LogP contribution in [-0.2, 0) is 11.2 Å². The average molecular weight is 270 g/mol. The van der Waals surface area contributed by atoms with Crippen molar-refractivity contribution >= 4 is 5.97 Å². The predicted molar refractivity (Wildman–Crippen MR) is 71.5 cm³/mol. The van der Waals surface area contributed by atoms with Gasteiger partial charge in [0.2, 0.25) is 0 Å². The fourth-order valence-electron chi connectivity index (χ4n) is 2.01. The minimum Gasteiger partial charge on any atom is -0.481 e. The second kappa shape index (κ2) is 5.53. The van der Waals surface area contributed by atoms with Crippen molar-refractivity contribution in [1.82, 2.24) is 15.0 Å². The van der Waals surface area contributed by atoms with Crippen LogP contribution in [0.2, 0.25) is 0 Å². The van der Waals surface area contributed by atoms with E-state index in [2.05, 4.69) is 10.3 Å². The summed E-state index contributed by atoms with van der Waals surface area (Å²) in [7, 11) is 0. The summed E-state index contributed by atoms with van der Waals surface area (Å²) in [4.78, 5) is 10.6. The van der Waals surface area contributed by atoms with Gasteiger partial charge in [0.1, 0.15) is 6.07 Å². The van der Waals surface area contributed by atoms with Gasteiger partial charge in [-0.3, -0.25) is 4.79 Å². The highest BCUT2D eigenvalue weighted by Gasteiger charge is 2.17. The molecule has 0 unspecified atom stereocenters. The van der Waals surface area contributed by atoms with Gasteiger partial charge < -0.3 is 5.11 Å². The molecule has 1 aromatic heterocycles. The van der Waals surface area contributed by atoms with Crippen LogP contribution in [0.5, 0.6) is 0 Å². The van der Waals surface area contributed by atoms with E-state index in [1.165, 1.54) is 0 Å². The molecule has 0 spiro atoms. The zero-order chi connectivity index (χ0) is 14.7. The van der Waals surface area contributed by atoms with E-state index in [1.54, 1.807) is 28.9 Å². The van der Waals surface area contributed by atoms with E-state index in [4.69, 9.17) is 10.4 Å². The molecule has 1 N–H and O–H groups in total. The van der Waals surface area contributed by atoms with Crippen molar-refractivity contribution in [2.75, 3.05) is 0 Å². The van der Waals surface area contributed by atoms with Gasteiger partial charge in [-0.05, 0) is 23.6 Å². The smallest absolute Gasteiger partial charge is 0.307 e. The predicted octanol–water partition coefficient (Wildman–Crippen LogP) is 1.89.